The van der Waals surface area contributed by atoms with Crippen LogP contribution in [0.25, 0.3) is 72.5 Å². The fourth-order valence-corrected chi connectivity index (χ4v) is 8.75. The summed E-state index contributed by atoms with van der Waals surface area (Å²) in [5, 5.41) is 4.28. The van der Waals surface area contributed by atoms with Gasteiger partial charge < -0.3 is 4.42 Å². The molecule has 0 radical (unpaired) electrons. The second-order valence-electron chi connectivity index (χ2n) is 14.4. The van der Waals surface area contributed by atoms with Crippen molar-refractivity contribution in [2.45, 2.75) is 5.41 Å². The number of benzene rings is 8. The average molecular weight is 731 g/mol. The van der Waals surface area contributed by atoms with Gasteiger partial charge in [-0.3, -0.25) is 4.57 Å². The Hall–Kier alpha value is -7.63. The molecule has 5 heteroatoms. The van der Waals surface area contributed by atoms with E-state index in [0.29, 0.717) is 17.6 Å². The fourth-order valence-electron chi connectivity index (χ4n) is 8.75. The van der Waals surface area contributed by atoms with Crippen molar-refractivity contribution < 1.29 is 4.42 Å². The molecule has 0 aliphatic heterocycles. The molecule has 0 N–H and O–H groups in total. The van der Waals surface area contributed by atoms with Gasteiger partial charge in [0.15, 0.2) is 11.6 Å². The Morgan fingerprint density at radius 3 is 1.44 bits per heavy atom. The molecule has 0 spiro atoms. The van der Waals surface area contributed by atoms with Gasteiger partial charge in [-0.05, 0) is 46.5 Å². The van der Waals surface area contributed by atoms with Gasteiger partial charge >= 0.3 is 0 Å². The van der Waals surface area contributed by atoms with Gasteiger partial charge in [-0.15, -0.1) is 0 Å². The molecular weight excluding hydrogens is 697 g/mol. The Labute approximate surface area is 329 Å². The van der Waals surface area contributed by atoms with E-state index in [4.69, 9.17) is 19.4 Å². The summed E-state index contributed by atoms with van der Waals surface area (Å²) in [6.45, 7) is 0. The lowest BCUT2D eigenvalue weighted by Gasteiger charge is -2.37. The van der Waals surface area contributed by atoms with Crippen LogP contribution in [0.1, 0.15) is 22.3 Å². The summed E-state index contributed by atoms with van der Waals surface area (Å²) in [4.78, 5) is 15.8. The normalized spacial score (nSPS) is 11.9. The zero-order valence-electron chi connectivity index (χ0n) is 30.8. The molecule has 0 fully saturated rings. The van der Waals surface area contributed by atoms with Gasteiger partial charge in [-0.25, -0.2) is 4.98 Å². The average Bonchev–Trinajstić information content (AvgIpc) is 3.84. The fraction of sp³-hybridized carbons (Fsp3) is 0.0192. The molecule has 3 aromatic heterocycles. The molecule has 0 saturated heterocycles. The number of hydrogen-bond acceptors (Lipinski definition) is 4. The monoisotopic (exact) mass is 730 g/mol. The Bertz CT molecular complexity index is 3070. The highest BCUT2D eigenvalue weighted by molar-refractivity contribution is 6.12. The summed E-state index contributed by atoms with van der Waals surface area (Å²) in [6, 6.07) is 72.2. The summed E-state index contributed by atoms with van der Waals surface area (Å²) in [5.74, 6) is 1.71. The Morgan fingerprint density at radius 1 is 0.368 bits per heavy atom. The highest BCUT2D eigenvalue weighted by atomic mass is 16.3. The van der Waals surface area contributed by atoms with Crippen LogP contribution in [-0.2, 0) is 5.41 Å². The standard InChI is InChI=1S/C52H34N4O/c1-4-17-36(18-5-1)52(37-19-6-2-7-20-37,38-21-8-3-9-22-38)39-33-31-35(32-34-39)49-53-50(43-26-16-30-47-48(43)42-25-12-15-29-46(42)57-47)55-51(54-49)56-44-27-13-10-23-40(44)41-24-11-14-28-45(41)56/h1-34H. The second-order valence-corrected chi connectivity index (χ2v) is 14.4. The van der Waals surface area contributed by atoms with E-state index in [2.05, 4.69) is 180 Å². The van der Waals surface area contributed by atoms with Crippen molar-refractivity contribution in [3.05, 3.63) is 229 Å². The van der Waals surface area contributed by atoms with Gasteiger partial charge in [-0.2, -0.15) is 9.97 Å². The molecule has 8 aromatic carbocycles. The zero-order valence-corrected chi connectivity index (χ0v) is 30.8. The molecule has 3 heterocycles. The van der Waals surface area contributed by atoms with Crippen LogP contribution in [0.15, 0.2) is 211 Å². The summed E-state index contributed by atoms with van der Waals surface area (Å²) in [6.07, 6.45) is 0. The Morgan fingerprint density at radius 2 is 0.842 bits per heavy atom. The molecular formula is C52H34N4O. The molecule has 0 aliphatic carbocycles. The second kappa shape index (κ2) is 13.3. The molecule has 5 nitrogen and oxygen atoms in total. The van der Waals surface area contributed by atoms with Crippen molar-refractivity contribution >= 4 is 43.7 Å². The Balaban J connectivity index is 1.16. The first-order valence-electron chi connectivity index (χ1n) is 19.2. The molecule has 0 saturated carbocycles. The lowest BCUT2D eigenvalue weighted by molar-refractivity contribution is 0.669. The van der Waals surface area contributed by atoms with Crippen LogP contribution in [0, 0.1) is 0 Å². The SMILES string of the molecule is c1ccc(C(c2ccccc2)(c2ccccc2)c2ccc(-c3nc(-c4cccc5oc6ccccc6c45)nc(-n4c5ccccc5c5ccccc54)n3)cc2)cc1. The van der Waals surface area contributed by atoms with Crippen molar-refractivity contribution in [1.82, 2.24) is 19.5 Å². The number of fused-ring (bicyclic) bond motifs is 6. The summed E-state index contributed by atoms with van der Waals surface area (Å²) >= 11 is 0. The molecule has 57 heavy (non-hydrogen) atoms. The first-order valence-corrected chi connectivity index (χ1v) is 19.2. The third-order valence-corrected chi connectivity index (χ3v) is 11.2. The minimum atomic E-state index is -0.571. The summed E-state index contributed by atoms with van der Waals surface area (Å²) in [5.41, 5.74) is 9.58. The van der Waals surface area contributed by atoms with Crippen LogP contribution in [0.3, 0.4) is 0 Å². The van der Waals surface area contributed by atoms with Gasteiger partial charge in [0, 0.05) is 32.7 Å². The van der Waals surface area contributed by atoms with Gasteiger partial charge in [0.25, 0.3) is 0 Å². The zero-order chi connectivity index (χ0) is 37.8. The first-order chi connectivity index (χ1) is 28.3. The Kier molecular flexibility index (Phi) is 7.64. The maximum absolute atomic E-state index is 6.33. The van der Waals surface area contributed by atoms with E-state index in [1.807, 2.05) is 30.3 Å². The summed E-state index contributed by atoms with van der Waals surface area (Å²) < 4.78 is 8.48. The number of aromatic nitrogens is 4. The molecule has 0 atom stereocenters. The van der Waals surface area contributed by atoms with Crippen molar-refractivity contribution in [3.63, 3.8) is 0 Å². The molecule has 0 bridgehead atoms. The van der Waals surface area contributed by atoms with Gasteiger partial charge in [0.2, 0.25) is 5.95 Å². The van der Waals surface area contributed by atoms with Crippen molar-refractivity contribution in [2.75, 3.05) is 0 Å². The van der Waals surface area contributed by atoms with E-state index in [1.165, 1.54) is 16.7 Å². The first kappa shape index (κ1) is 32.8. The van der Waals surface area contributed by atoms with E-state index < -0.39 is 5.41 Å². The number of furan rings is 1. The predicted molar refractivity (Wildman–Crippen MR) is 231 cm³/mol. The van der Waals surface area contributed by atoms with Gasteiger partial charge in [0.05, 0.1) is 16.4 Å². The van der Waals surface area contributed by atoms with E-state index in [-0.39, 0.29) is 0 Å². The maximum Gasteiger partial charge on any atom is 0.238 e. The van der Waals surface area contributed by atoms with Gasteiger partial charge in [0.1, 0.15) is 11.2 Å². The van der Waals surface area contributed by atoms with Crippen LogP contribution < -0.4 is 0 Å². The third kappa shape index (κ3) is 5.20. The van der Waals surface area contributed by atoms with Crippen LogP contribution in [0.2, 0.25) is 0 Å². The van der Waals surface area contributed by atoms with E-state index >= 15 is 0 Å². The number of hydrogen-bond donors (Lipinski definition) is 0. The van der Waals surface area contributed by atoms with Crippen molar-refractivity contribution in [1.29, 1.82) is 0 Å². The van der Waals surface area contributed by atoms with Crippen LogP contribution in [0.5, 0.6) is 0 Å². The third-order valence-electron chi connectivity index (χ3n) is 11.2. The lowest BCUT2D eigenvalue weighted by Crippen LogP contribution is -2.30. The minimum absolute atomic E-state index is 0.550. The van der Waals surface area contributed by atoms with Crippen LogP contribution in [-0.4, -0.2) is 19.5 Å². The smallest absolute Gasteiger partial charge is 0.238 e. The van der Waals surface area contributed by atoms with E-state index in [0.717, 1.165) is 60.4 Å². The molecule has 0 unspecified atom stereocenters. The predicted octanol–water partition coefficient (Wildman–Crippen LogP) is 12.6. The lowest BCUT2D eigenvalue weighted by atomic mass is 9.65. The summed E-state index contributed by atoms with van der Waals surface area (Å²) in [7, 11) is 0. The largest absolute Gasteiger partial charge is 0.456 e. The molecule has 11 aromatic rings. The van der Waals surface area contributed by atoms with Crippen molar-refractivity contribution in [2.24, 2.45) is 0 Å². The van der Waals surface area contributed by atoms with E-state index in [9.17, 15) is 0 Å². The minimum Gasteiger partial charge on any atom is -0.456 e. The van der Waals surface area contributed by atoms with Crippen LogP contribution in [0.4, 0.5) is 0 Å². The van der Waals surface area contributed by atoms with Crippen molar-refractivity contribution in [3.8, 4) is 28.7 Å². The van der Waals surface area contributed by atoms with Gasteiger partial charge in [-0.1, -0.05) is 182 Å². The molecule has 0 amide bonds. The highest BCUT2D eigenvalue weighted by Crippen LogP contribution is 2.45. The molecule has 268 valence electrons. The highest BCUT2D eigenvalue weighted by Gasteiger charge is 2.38. The van der Waals surface area contributed by atoms with E-state index in [1.54, 1.807) is 0 Å². The molecule has 11 rings (SSSR count). The number of nitrogens with zero attached hydrogens (tertiary/aromatic N) is 4. The number of rotatable bonds is 7. The quantitative estimate of drug-likeness (QED) is 0.153. The van der Waals surface area contributed by atoms with Crippen LogP contribution >= 0.6 is 0 Å². The maximum atomic E-state index is 6.33. The number of para-hydroxylation sites is 3. The topological polar surface area (TPSA) is 56.7 Å². The molecule has 0 aliphatic rings.